The Labute approximate surface area is 163 Å². The van der Waals surface area contributed by atoms with E-state index in [1.807, 2.05) is 36.4 Å². The van der Waals surface area contributed by atoms with Gasteiger partial charge in [-0.05, 0) is 30.3 Å². The summed E-state index contributed by atoms with van der Waals surface area (Å²) in [7, 11) is 1.58. The Balaban J connectivity index is 1.46. The minimum absolute atomic E-state index is 0.0437. The zero-order valence-electron chi connectivity index (χ0n) is 15.7. The molecule has 142 valence electrons. The number of hydrogen-bond donors (Lipinski definition) is 0. The zero-order chi connectivity index (χ0) is 19.5. The van der Waals surface area contributed by atoms with Gasteiger partial charge in [0, 0.05) is 43.3 Å². The first-order valence-electron chi connectivity index (χ1n) is 9.24. The van der Waals surface area contributed by atoms with Crippen LogP contribution in [0.3, 0.4) is 0 Å². The van der Waals surface area contributed by atoms with Crippen LogP contribution in [0.1, 0.15) is 20.7 Å². The van der Waals surface area contributed by atoms with E-state index in [-0.39, 0.29) is 11.8 Å². The van der Waals surface area contributed by atoms with Crippen molar-refractivity contribution in [3.8, 4) is 5.75 Å². The summed E-state index contributed by atoms with van der Waals surface area (Å²) < 4.78 is 5.20. The molecule has 4 rings (SSSR count). The minimum Gasteiger partial charge on any atom is -0.497 e. The van der Waals surface area contributed by atoms with Gasteiger partial charge in [0.15, 0.2) is 0 Å². The number of methoxy groups -OCH3 is 1. The number of aromatic nitrogens is 1. The highest BCUT2D eigenvalue weighted by atomic mass is 16.5. The number of carbonyl (C=O) groups is 2. The Hall–Kier alpha value is -3.41. The Morgan fingerprint density at radius 2 is 1.57 bits per heavy atom. The third kappa shape index (κ3) is 3.41. The van der Waals surface area contributed by atoms with Gasteiger partial charge in [-0.1, -0.05) is 24.3 Å². The first-order chi connectivity index (χ1) is 13.7. The van der Waals surface area contributed by atoms with Crippen LogP contribution < -0.4 is 4.74 Å². The molecule has 2 amide bonds. The van der Waals surface area contributed by atoms with Crippen LogP contribution in [0, 0.1) is 0 Å². The second kappa shape index (κ2) is 7.68. The average molecular weight is 375 g/mol. The van der Waals surface area contributed by atoms with E-state index >= 15 is 0 Å². The van der Waals surface area contributed by atoms with Crippen LogP contribution in [0.2, 0.25) is 0 Å². The number of rotatable bonds is 3. The molecule has 1 aliphatic heterocycles. The fourth-order valence-electron chi connectivity index (χ4n) is 3.50. The number of ether oxygens (including phenoxy) is 1. The van der Waals surface area contributed by atoms with Gasteiger partial charge in [-0.15, -0.1) is 0 Å². The molecule has 6 nitrogen and oxygen atoms in total. The lowest BCUT2D eigenvalue weighted by molar-refractivity contribution is 0.0536. The highest BCUT2D eigenvalue weighted by Gasteiger charge is 2.26. The molecule has 1 aromatic heterocycles. The van der Waals surface area contributed by atoms with Crippen molar-refractivity contribution in [3.05, 3.63) is 71.9 Å². The monoisotopic (exact) mass is 375 g/mol. The number of hydrogen-bond acceptors (Lipinski definition) is 4. The van der Waals surface area contributed by atoms with Crippen LogP contribution >= 0.6 is 0 Å². The predicted octanol–water partition coefficient (Wildman–Crippen LogP) is 2.84. The Morgan fingerprint density at radius 3 is 2.32 bits per heavy atom. The van der Waals surface area contributed by atoms with Gasteiger partial charge in [-0.25, -0.2) is 0 Å². The van der Waals surface area contributed by atoms with Crippen LogP contribution in [-0.2, 0) is 0 Å². The molecule has 0 spiro atoms. The van der Waals surface area contributed by atoms with Crippen LogP contribution in [0.25, 0.3) is 10.9 Å². The second-order valence-corrected chi connectivity index (χ2v) is 6.70. The molecule has 1 aliphatic rings. The minimum atomic E-state index is -0.0437. The smallest absolute Gasteiger partial charge is 0.256 e. The van der Waals surface area contributed by atoms with Crippen molar-refractivity contribution in [2.45, 2.75) is 0 Å². The van der Waals surface area contributed by atoms with Gasteiger partial charge in [0.1, 0.15) is 5.75 Å². The molecule has 0 aliphatic carbocycles. The maximum absolute atomic E-state index is 13.0. The third-order valence-electron chi connectivity index (χ3n) is 5.03. The molecule has 0 atom stereocenters. The fourth-order valence-corrected chi connectivity index (χ4v) is 3.50. The quantitative estimate of drug-likeness (QED) is 0.706. The standard InChI is InChI=1S/C22H21N3O3/c1-28-18-8-2-6-17(15-18)21(26)24-11-13-25(14-12-24)22(27)19-9-3-5-16-7-4-10-23-20(16)19/h2-10,15H,11-14H2,1H3. The summed E-state index contributed by atoms with van der Waals surface area (Å²) in [6, 6.07) is 16.6. The summed E-state index contributed by atoms with van der Waals surface area (Å²) in [5.41, 5.74) is 1.91. The highest BCUT2D eigenvalue weighted by molar-refractivity contribution is 6.05. The molecule has 1 fully saturated rings. The van der Waals surface area contributed by atoms with Crippen LogP contribution in [-0.4, -0.2) is 59.9 Å². The molecule has 3 aromatic rings. The summed E-state index contributed by atoms with van der Waals surface area (Å²) in [4.78, 5) is 33.7. The van der Waals surface area contributed by atoms with Crippen molar-refractivity contribution in [2.24, 2.45) is 0 Å². The highest BCUT2D eigenvalue weighted by Crippen LogP contribution is 2.20. The number of para-hydroxylation sites is 1. The van der Waals surface area contributed by atoms with Gasteiger partial charge in [-0.2, -0.15) is 0 Å². The summed E-state index contributed by atoms with van der Waals surface area (Å²) in [5.74, 6) is 0.568. The molecule has 0 radical (unpaired) electrons. The first kappa shape index (κ1) is 18.0. The second-order valence-electron chi connectivity index (χ2n) is 6.70. The van der Waals surface area contributed by atoms with Gasteiger partial charge in [0.25, 0.3) is 11.8 Å². The lowest BCUT2D eigenvalue weighted by Gasteiger charge is -2.35. The zero-order valence-corrected chi connectivity index (χ0v) is 15.7. The molecular formula is C22H21N3O3. The van der Waals surface area contributed by atoms with Crippen molar-refractivity contribution in [1.29, 1.82) is 0 Å². The number of amides is 2. The molecule has 0 unspecified atom stereocenters. The number of carbonyl (C=O) groups excluding carboxylic acids is 2. The predicted molar refractivity (Wildman–Crippen MR) is 107 cm³/mol. The lowest BCUT2D eigenvalue weighted by Crippen LogP contribution is -2.50. The van der Waals surface area contributed by atoms with E-state index < -0.39 is 0 Å². The van der Waals surface area contributed by atoms with Gasteiger partial charge in [-0.3, -0.25) is 14.6 Å². The number of nitrogens with zero attached hydrogens (tertiary/aromatic N) is 3. The van der Waals surface area contributed by atoms with Crippen LogP contribution in [0.5, 0.6) is 5.75 Å². The fraction of sp³-hybridized carbons (Fsp3) is 0.227. The molecule has 0 saturated carbocycles. The van der Waals surface area contributed by atoms with Gasteiger partial charge in [0.2, 0.25) is 0 Å². The molecule has 0 bridgehead atoms. The Kier molecular flexibility index (Phi) is 4.93. The summed E-state index contributed by atoms with van der Waals surface area (Å²) in [6.45, 7) is 2.00. The third-order valence-corrected chi connectivity index (χ3v) is 5.03. The van der Waals surface area contributed by atoms with E-state index in [1.165, 1.54) is 0 Å². The van der Waals surface area contributed by atoms with Crippen molar-refractivity contribution >= 4 is 22.7 Å². The van der Waals surface area contributed by atoms with Crippen LogP contribution in [0.15, 0.2) is 60.8 Å². The first-order valence-corrected chi connectivity index (χ1v) is 9.24. The molecule has 1 saturated heterocycles. The van der Waals surface area contributed by atoms with E-state index in [4.69, 9.17) is 4.74 Å². The maximum Gasteiger partial charge on any atom is 0.256 e. The number of piperazine rings is 1. The lowest BCUT2D eigenvalue weighted by atomic mass is 10.1. The van der Waals surface area contributed by atoms with E-state index in [2.05, 4.69) is 4.98 Å². The molecule has 2 aromatic carbocycles. The van der Waals surface area contributed by atoms with Gasteiger partial charge in [0.05, 0.1) is 18.2 Å². The van der Waals surface area contributed by atoms with Crippen molar-refractivity contribution in [2.75, 3.05) is 33.3 Å². The summed E-state index contributed by atoms with van der Waals surface area (Å²) in [6.07, 6.45) is 1.70. The van der Waals surface area contributed by atoms with E-state index in [0.29, 0.717) is 48.6 Å². The summed E-state index contributed by atoms with van der Waals surface area (Å²) in [5, 5.41) is 0.945. The van der Waals surface area contributed by atoms with Crippen molar-refractivity contribution < 1.29 is 14.3 Å². The molecule has 28 heavy (non-hydrogen) atoms. The Bertz CT molecular complexity index is 1020. The Morgan fingerprint density at radius 1 is 0.893 bits per heavy atom. The SMILES string of the molecule is COc1cccc(C(=O)N2CCN(C(=O)c3cccc4cccnc34)CC2)c1. The maximum atomic E-state index is 13.0. The van der Waals surface area contributed by atoms with E-state index in [1.54, 1.807) is 41.3 Å². The number of fused-ring (bicyclic) bond motifs is 1. The number of benzene rings is 2. The van der Waals surface area contributed by atoms with Crippen LogP contribution in [0.4, 0.5) is 0 Å². The topological polar surface area (TPSA) is 62.7 Å². The molecule has 6 heteroatoms. The normalized spacial score (nSPS) is 14.2. The molecule has 0 N–H and O–H groups in total. The van der Waals surface area contributed by atoms with Gasteiger partial charge < -0.3 is 14.5 Å². The van der Waals surface area contributed by atoms with Crippen molar-refractivity contribution in [1.82, 2.24) is 14.8 Å². The van der Waals surface area contributed by atoms with Crippen molar-refractivity contribution in [3.63, 3.8) is 0 Å². The average Bonchev–Trinajstić information content (AvgIpc) is 2.78. The molecular weight excluding hydrogens is 354 g/mol. The summed E-state index contributed by atoms with van der Waals surface area (Å²) >= 11 is 0. The largest absolute Gasteiger partial charge is 0.497 e. The molecule has 2 heterocycles. The van der Waals surface area contributed by atoms with E-state index in [9.17, 15) is 9.59 Å². The van der Waals surface area contributed by atoms with Gasteiger partial charge >= 0.3 is 0 Å². The number of pyridine rings is 1. The van der Waals surface area contributed by atoms with E-state index in [0.717, 1.165) is 5.39 Å².